The first-order valence-electron chi connectivity index (χ1n) is 8.14. The van der Waals surface area contributed by atoms with Crippen molar-refractivity contribution in [3.05, 3.63) is 35.9 Å². The molecule has 1 saturated heterocycles. The molecule has 116 valence electrons. The van der Waals surface area contributed by atoms with E-state index in [0.29, 0.717) is 18.6 Å². The molecule has 0 radical (unpaired) electrons. The monoisotopic (exact) mass is 299 g/mol. The topological polar surface area (TPSA) is 38.8 Å². The van der Waals surface area contributed by atoms with Gasteiger partial charge in [-0.15, -0.1) is 0 Å². The molecule has 1 fully saturated rings. The predicted molar refractivity (Wildman–Crippen MR) is 83.0 cm³/mol. The van der Waals surface area contributed by atoms with E-state index in [1.807, 2.05) is 6.07 Å². The van der Waals surface area contributed by atoms with Gasteiger partial charge in [0.1, 0.15) is 0 Å². The van der Waals surface area contributed by atoms with Crippen molar-refractivity contribution in [1.29, 1.82) is 0 Å². The van der Waals surface area contributed by atoms with Crippen molar-refractivity contribution in [2.24, 2.45) is 5.92 Å². The average Bonchev–Trinajstić information content (AvgIpc) is 3.23. The van der Waals surface area contributed by atoms with E-state index in [9.17, 15) is 4.79 Å². The highest BCUT2D eigenvalue weighted by molar-refractivity contribution is 5.79. The molecule has 0 bridgehead atoms. The first-order valence-corrected chi connectivity index (χ1v) is 8.14. The summed E-state index contributed by atoms with van der Waals surface area (Å²) in [6.07, 6.45) is 8.31. The zero-order valence-electron chi connectivity index (χ0n) is 12.7. The highest BCUT2D eigenvalue weighted by Gasteiger charge is 2.32. The van der Waals surface area contributed by atoms with Crippen LogP contribution in [0, 0.1) is 5.92 Å². The SMILES string of the molecule is O=C([C@H]1CC=CCC1)N1CC[C@@H](c2ccc3c(c2)OCO3)C1. The Morgan fingerprint density at radius 3 is 2.91 bits per heavy atom. The third kappa shape index (κ3) is 2.47. The van der Waals surface area contributed by atoms with Gasteiger partial charge in [0, 0.05) is 24.9 Å². The molecule has 0 N–H and O–H groups in total. The molecule has 3 aliphatic rings. The van der Waals surface area contributed by atoms with Crippen LogP contribution < -0.4 is 9.47 Å². The summed E-state index contributed by atoms with van der Waals surface area (Å²) in [7, 11) is 0. The molecule has 2 heterocycles. The molecule has 0 unspecified atom stereocenters. The Hall–Kier alpha value is -1.97. The molecule has 22 heavy (non-hydrogen) atoms. The first-order chi connectivity index (χ1) is 10.8. The van der Waals surface area contributed by atoms with E-state index in [-0.39, 0.29) is 5.92 Å². The lowest BCUT2D eigenvalue weighted by atomic mass is 9.93. The van der Waals surface area contributed by atoms with E-state index in [2.05, 4.69) is 29.2 Å². The summed E-state index contributed by atoms with van der Waals surface area (Å²) >= 11 is 0. The van der Waals surface area contributed by atoms with E-state index >= 15 is 0 Å². The zero-order chi connectivity index (χ0) is 14.9. The smallest absolute Gasteiger partial charge is 0.231 e. The van der Waals surface area contributed by atoms with Crippen LogP contribution in [0.2, 0.25) is 0 Å². The fourth-order valence-electron chi connectivity index (χ4n) is 3.68. The van der Waals surface area contributed by atoms with Crippen molar-refractivity contribution in [3.63, 3.8) is 0 Å². The van der Waals surface area contributed by atoms with Gasteiger partial charge in [-0.2, -0.15) is 0 Å². The minimum absolute atomic E-state index is 0.195. The highest BCUT2D eigenvalue weighted by atomic mass is 16.7. The molecule has 0 aromatic heterocycles. The lowest BCUT2D eigenvalue weighted by molar-refractivity contribution is -0.134. The van der Waals surface area contributed by atoms with Gasteiger partial charge < -0.3 is 14.4 Å². The molecule has 4 rings (SSSR count). The van der Waals surface area contributed by atoms with Gasteiger partial charge in [-0.1, -0.05) is 18.2 Å². The minimum Gasteiger partial charge on any atom is -0.454 e. The average molecular weight is 299 g/mol. The lowest BCUT2D eigenvalue weighted by Gasteiger charge is -2.24. The largest absolute Gasteiger partial charge is 0.454 e. The van der Waals surface area contributed by atoms with E-state index in [1.54, 1.807) is 0 Å². The Morgan fingerprint density at radius 2 is 2.05 bits per heavy atom. The van der Waals surface area contributed by atoms with Gasteiger partial charge in [0.15, 0.2) is 11.5 Å². The quantitative estimate of drug-likeness (QED) is 0.788. The third-order valence-electron chi connectivity index (χ3n) is 4.99. The summed E-state index contributed by atoms with van der Waals surface area (Å²) in [4.78, 5) is 14.7. The number of fused-ring (bicyclic) bond motifs is 1. The summed E-state index contributed by atoms with van der Waals surface area (Å²) in [5, 5.41) is 0. The summed E-state index contributed by atoms with van der Waals surface area (Å²) in [6, 6.07) is 6.16. The number of rotatable bonds is 2. The van der Waals surface area contributed by atoms with Gasteiger partial charge in [0.05, 0.1) is 0 Å². The molecule has 4 heteroatoms. The zero-order valence-corrected chi connectivity index (χ0v) is 12.7. The molecule has 0 saturated carbocycles. The summed E-state index contributed by atoms with van der Waals surface area (Å²) in [5.41, 5.74) is 1.25. The number of carbonyl (C=O) groups excluding carboxylic acids is 1. The van der Waals surface area contributed by atoms with Crippen molar-refractivity contribution < 1.29 is 14.3 Å². The Balaban J connectivity index is 1.43. The van der Waals surface area contributed by atoms with Crippen LogP contribution in [0.25, 0.3) is 0 Å². The maximum Gasteiger partial charge on any atom is 0.231 e. The Kier molecular flexibility index (Phi) is 3.53. The summed E-state index contributed by atoms with van der Waals surface area (Å²) < 4.78 is 10.8. The van der Waals surface area contributed by atoms with Gasteiger partial charge in [-0.05, 0) is 43.4 Å². The lowest BCUT2D eigenvalue weighted by Crippen LogP contribution is -2.34. The number of amides is 1. The van der Waals surface area contributed by atoms with Crippen LogP contribution in [-0.2, 0) is 4.79 Å². The van der Waals surface area contributed by atoms with Crippen molar-refractivity contribution in [1.82, 2.24) is 4.90 Å². The maximum atomic E-state index is 12.6. The van der Waals surface area contributed by atoms with Crippen molar-refractivity contribution in [3.8, 4) is 11.5 Å². The molecule has 1 aliphatic carbocycles. The number of hydrogen-bond acceptors (Lipinski definition) is 3. The normalized spacial score (nSPS) is 26.5. The van der Waals surface area contributed by atoms with Gasteiger partial charge in [0.2, 0.25) is 12.7 Å². The van der Waals surface area contributed by atoms with Gasteiger partial charge in [-0.25, -0.2) is 0 Å². The van der Waals surface area contributed by atoms with E-state index in [4.69, 9.17) is 9.47 Å². The van der Waals surface area contributed by atoms with Crippen LogP contribution in [0.3, 0.4) is 0 Å². The second-order valence-electron chi connectivity index (χ2n) is 6.36. The molecular weight excluding hydrogens is 278 g/mol. The van der Waals surface area contributed by atoms with Crippen molar-refractivity contribution >= 4 is 5.91 Å². The second kappa shape index (κ2) is 5.67. The fourth-order valence-corrected chi connectivity index (χ4v) is 3.68. The Morgan fingerprint density at radius 1 is 1.14 bits per heavy atom. The number of benzene rings is 1. The molecule has 2 aliphatic heterocycles. The molecule has 4 nitrogen and oxygen atoms in total. The van der Waals surface area contributed by atoms with Gasteiger partial charge in [-0.3, -0.25) is 4.79 Å². The molecule has 1 aromatic rings. The Labute approximate surface area is 130 Å². The van der Waals surface area contributed by atoms with Crippen LogP contribution in [0.4, 0.5) is 0 Å². The predicted octanol–water partition coefficient (Wildman–Crippen LogP) is 3.09. The standard InChI is InChI=1S/C18H21NO3/c20-18(13-4-2-1-3-5-13)19-9-8-15(11-19)14-6-7-16-17(10-14)22-12-21-16/h1-2,6-7,10,13,15H,3-5,8-9,11-12H2/t13-,15+/m0/s1. The number of allylic oxidation sites excluding steroid dienone is 2. The Bertz CT molecular complexity index is 610. The molecule has 1 aromatic carbocycles. The van der Waals surface area contributed by atoms with E-state index in [0.717, 1.165) is 50.3 Å². The number of nitrogens with zero attached hydrogens (tertiary/aromatic N) is 1. The van der Waals surface area contributed by atoms with Crippen molar-refractivity contribution in [2.45, 2.75) is 31.6 Å². The van der Waals surface area contributed by atoms with Gasteiger partial charge >= 0.3 is 0 Å². The van der Waals surface area contributed by atoms with Gasteiger partial charge in [0.25, 0.3) is 0 Å². The van der Waals surface area contributed by atoms with Crippen molar-refractivity contribution in [2.75, 3.05) is 19.9 Å². The molecule has 1 amide bonds. The highest BCUT2D eigenvalue weighted by Crippen LogP contribution is 2.37. The molecular formula is C18H21NO3. The van der Waals surface area contributed by atoms with Crippen LogP contribution in [-0.4, -0.2) is 30.7 Å². The van der Waals surface area contributed by atoms with Crippen LogP contribution in [0.1, 0.15) is 37.2 Å². The molecule has 2 atom stereocenters. The van der Waals surface area contributed by atoms with Crippen LogP contribution in [0.15, 0.2) is 30.4 Å². The number of likely N-dealkylation sites (tertiary alicyclic amines) is 1. The number of hydrogen-bond donors (Lipinski definition) is 0. The van der Waals surface area contributed by atoms with E-state index < -0.39 is 0 Å². The maximum absolute atomic E-state index is 12.6. The first kappa shape index (κ1) is 13.7. The number of carbonyl (C=O) groups is 1. The van der Waals surface area contributed by atoms with Crippen LogP contribution in [0.5, 0.6) is 11.5 Å². The summed E-state index contributed by atoms with van der Waals surface area (Å²) in [6.45, 7) is 2.01. The second-order valence-corrected chi connectivity index (χ2v) is 6.36. The number of ether oxygens (including phenoxy) is 2. The molecule has 0 spiro atoms. The minimum atomic E-state index is 0.195. The summed E-state index contributed by atoms with van der Waals surface area (Å²) in [5.74, 6) is 2.61. The third-order valence-corrected chi connectivity index (χ3v) is 4.99. The van der Waals surface area contributed by atoms with E-state index in [1.165, 1.54) is 5.56 Å². The fraction of sp³-hybridized carbons (Fsp3) is 0.500. The van der Waals surface area contributed by atoms with Crippen LogP contribution >= 0.6 is 0 Å².